The van der Waals surface area contributed by atoms with E-state index in [1.54, 1.807) is 12.1 Å². The van der Waals surface area contributed by atoms with Crippen LogP contribution in [0.15, 0.2) is 29.1 Å². The minimum atomic E-state index is -4.94. The molecule has 13 heavy (non-hydrogen) atoms. The van der Waals surface area contributed by atoms with Crippen LogP contribution < -0.4 is 18.6 Å². The summed E-state index contributed by atoms with van der Waals surface area (Å²) < 4.78 is 38.6. The molecule has 0 saturated carbocycles. The summed E-state index contributed by atoms with van der Waals surface area (Å²) in [5.74, 6) is 0. The molecule has 6 nitrogen and oxygen atoms in total. The molecule has 1 aromatic heterocycles. The highest BCUT2D eigenvalue weighted by atomic mass is 35.7. The lowest BCUT2D eigenvalue weighted by atomic mass is 10.3. The van der Waals surface area contributed by atoms with Gasteiger partial charge in [-0.15, -0.1) is 10.2 Å². The summed E-state index contributed by atoms with van der Waals surface area (Å²) in [6.45, 7) is 0. The predicted octanol–water partition coefficient (Wildman–Crippen LogP) is -3.38. The average Bonchev–Trinajstić information content (AvgIpc) is 2.03. The lowest BCUT2D eigenvalue weighted by Crippen LogP contribution is -2.68. The van der Waals surface area contributed by atoms with Crippen LogP contribution in [0.1, 0.15) is 10.4 Å². The van der Waals surface area contributed by atoms with Crippen LogP contribution in [0.25, 0.3) is 0 Å². The van der Waals surface area contributed by atoms with Crippen molar-refractivity contribution in [1.29, 1.82) is 0 Å². The maximum Gasteiger partial charge on any atom is 0.328 e. The normalized spacial score (nSPS) is 9.85. The molecule has 1 rings (SSSR count). The van der Waals surface area contributed by atoms with E-state index in [0.29, 0.717) is 5.56 Å². The zero-order valence-electron chi connectivity index (χ0n) is 6.21. The van der Waals surface area contributed by atoms with Crippen LogP contribution in [0.4, 0.5) is 0 Å². The van der Waals surface area contributed by atoms with Gasteiger partial charge in [0.15, 0.2) is 6.29 Å². The van der Waals surface area contributed by atoms with Gasteiger partial charge in [0.05, 0.1) is 0 Å². The first-order valence-corrected chi connectivity index (χ1v) is 4.09. The van der Waals surface area contributed by atoms with Crippen LogP contribution >= 0.6 is 0 Å². The molecule has 1 aromatic rings. The highest BCUT2D eigenvalue weighted by Gasteiger charge is 1.91. The van der Waals surface area contributed by atoms with Gasteiger partial charge in [0, 0.05) is 6.07 Å². The van der Waals surface area contributed by atoms with Gasteiger partial charge in [0.2, 0.25) is 0 Å². The Kier molecular flexibility index (Phi) is 5.12. The fraction of sp³-hybridized carbons (Fsp3) is 0. The number of rotatable bonds is 1. The fourth-order valence-electron chi connectivity index (χ4n) is 0.420. The van der Waals surface area contributed by atoms with Gasteiger partial charge < -0.3 is 0 Å². The van der Waals surface area contributed by atoms with Crippen molar-refractivity contribution < 1.29 is 38.1 Å². The van der Waals surface area contributed by atoms with E-state index >= 15 is 0 Å². The fourth-order valence-corrected chi connectivity index (χ4v) is 0.420. The van der Waals surface area contributed by atoms with Crippen LogP contribution in [-0.4, -0.2) is 6.29 Å². The highest BCUT2D eigenvalue weighted by molar-refractivity contribution is 5.73. The molecule has 0 spiro atoms. The van der Waals surface area contributed by atoms with Crippen molar-refractivity contribution in [2.45, 2.75) is 0 Å². The van der Waals surface area contributed by atoms with E-state index in [1.165, 1.54) is 12.5 Å². The lowest BCUT2D eigenvalue weighted by Gasteiger charge is -2.17. The summed E-state index contributed by atoms with van der Waals surface area (Å²) in [6.07, 6.45) is 3.64. The van der Waals surface area contributed by atoms with E-state index in [9.17, 15) is 4.79 Å². The first-order chi connectivity index (χ1) is 5.93. The summed E-state index contributed by atoms with van der Waals surface area (Å²) in [6, 6.07) is 3.35. The van der Waals surface area contributed by atoms with Crippen molar-refractivity contribution >= 4 is 6.29 Å². The molecule has 7 heteroatoms. The number of aldehydes is 1. The van der Waals surface area contributed by atoms with Crippen molar-refractivity contribution in [3.8, 4) is 0 Å². The minimum absolute atomic E-state index is 0.563. The first-order valence-electron chi connectivity index (χ1n) is 2.86. The van der Waals surface area contributed by atoms with Crippen molar-refractivity contribution in [1.82, 2.24) is 0 Å². The van der Waals surface area contributed by atoms with Gasteiger partial charge in [-0.1, -0.05) is 0 Å². The summed E-state index contributed by atoms with van der Waals surface area (Å²) in [5, 5.41) is 0. The Hall–Kier alpha value is -1.05. The second kappa shape index (κ2) is 5.57. The topological polar surface area (TPSA) is 121 Å². The van der Waals surface area contributed by atoms with E-state index in [1.807, 2.05) is 0 Å². The molecule has 0 radical (unpaired) electrons. The molecule has 0 aliphatic carbocycles. The van der Waals surface area contributed by atoms with Crippen LogP contribution in [0.5, 0.6) is 0 Å². The van der Waals surface area contributed by atoms with Crippen molar-refractivity contribution in [3.05, 3.63) is 30.2 Å². The van der Waals surface area contributed by atoms with Gasteiger partial charge >= 0.3 is 12.5 Å². The van der Waals surface area contributed by atoms with Crippen LogP contribution in [-0.2, 0) is 0 Å². The highest BCUT2D eigenvalue weighted by Crippen LogP contribution is 1.91. The SMILES string of the molecule is O=Cc1ccc[o+]c1.[O-][Cl+3]([O-])([O-])[O-]. The maximum atomic E-state index is 9.95. The Morgan fingerprint density at radius 2 is 1.85 bits per heavy atom. The summed E-state index contributed by atoms with van der Waals surface area (Å²) in [7, 11) is -4.94. The van der Waals surface area contributed by atoms with Gasteiger partial charge in [-0.05, 0) is 6.07 Å². The van der Waals surface area contributed by atoms with Gasteiger partial charge in [-0.2, -0.15) is 0 Å². The van der Waals surface area contributed by atoms with Crippen molar-refractivity contribution in [2.75, 3.05) is 0 Å². The molecular formula is C6H5ClO6. The first kappa shape index (κ1) is 11.9. The Morgan fingerprint density at radius 3 is 2.08 bits per heavy atom. The molecule has 0 aliphatic rings. The summed E-state index contributed by atoms with van der Waals surface area (Å²) in [5.41, 5.74) is 0.563. The minimum Gasteiger partial charge on any atom is -0.298 e. The molecule has 1 heterocycles. The zero-order valence-corrected chi connectivity index (χ0v) is 6.97. The van der Waals surface area contributed by atoms with Gasteiger partial charge in [-0.3, -0.25) is 4.79 Å². The zero-order chi connectivity index (χ0) is 10.3. The van der Waals surface area contributed by atoms with Crippen LogP contribution in [0.2, 0.25) is 0 Å². The van der Waals surface area contributed by atoms with E-state index in [4.69, 9.17) is 18.6 Å². The lowest BCUT2D eigenvalue weighted by molar-refractivity contribution is -2.00. The maximum absolute atomic E-state index is 9.95. The van der Waals surface area contributed by atoms with E-state index in [2.05, 4.69) is 4.42 Å². The van der Waals surface area contributed by atoms with Gasteiger partial charge in [0.1, 0.15) is 5.56 Å². The molecule has 0 atom stereocenters. The Bertz CT molecular complexity index is 237. The Morgan fingerprint density at radius 1 is 1.31 bits per heavy atom. The van der Waals surface area contributed by atoms with Crippen molar-refractivity contribution in [2.24, 2.45) is 0 Å². The smallest absolute Gasteiger partial charge is 0.298 e. The largest absolute Gasteiger partial charge is 0.328 e. The average molecular weight is 209 g/mol. The third-order valence-electron chi connectivity index (χ3n) is 0.786. The summed E-state index contributed by atoms with van der Waals surface area (Å²) >= 11 is 0. The predicted molar refractivity (Wildman–Crippen MR) is 28.5 cm³/mol. The molecular weight excluding hydrogens is 204 g/mol. The van der Waals surface area contributed by atoms with Gasteiger partial charge in [-0.25, -0.2) is 23.1 Å². The molecule has 0 saturated heterocycles. The molecule has 0 aliphatic heterocycles. The second-order valence-corrected chi connectivity index (χ2v) is 2.50. The molecule has 0 N–H and O–H groups in total. The van der Waals surface area contributed by atoms with E-state index in [-0.39, 0.29) is 0 Å². The number of hydrogen-bond donors (Lipinski definition) is 0. The van der Waals surface area contributed by atoms with E-state index in [0.717, 1.165) is 6.29 Å². The summed E-state index contributed by atoms with van der Waals surface area (Å²) in [4.78, 5) is 9.95. The Labute approximate surface area is 75.4 Å². The second-order valence-electron chi connectivity index (χ2n) is 1.74. The van der Waals surface area contributed by atoms with Crippen molar-refractivity contribution in [3.63, 3.8) is 0 Å². The molecule has 0 bridgehead atoms. The van der Waals surface area contributed by atoms with E-state index < -0.39 is 10.2 Å². The molecule has 0 amide bonds. The standard InChI is InChI=1S/C6H5O2.ClHO4/c7-4-6-2-1-3-8-5-6;2-1(3,4)5/h1-5H;(H,2,3,4,5)/q+1;/p-1. The van der Waals surface area contributed by atoms with Crippen LogP contribution in [0.3, 0.4) is 0 Å². The monoisotopic (exact) mass is 208 g/mol. The molecule has 0 aromatic carbocycles. The third-order valence-corrected chi connectivity index (χ3v) is 0.786. The molecule has 0 unspecified atom stereocenters. The molecule has 0 fully saturated rings. The van der Waals surface area contributed by atoms with Crippen LogP contribution in [0, 0.1) is 10.2 Å². The number of halogens is 1. The van der Waals surface area contributed by atoms with Gasteiger partial charge in [0.25, 0.3) is 0 Å². The quantitative estimate of drug-likeness (QED) is 0.351. The third kappa shape index (κ3) is 10.9. The Balaban J connectivity index is 0.000000252. The number of carbonyl (C=O) groups excluding carboxylic acids is 1. The number of hydrogen-bond acceptors (Lipinski definition) is 5. The molecule has 72 valence electrons. The number of carbonyl (C=O) groups is 1.